The van der Waals surface area contributed by atoms with Gasteiger partial charge in [0.1, 0.15) is 0 Å². The monoisotopic (exact) mass is 816 g/mol. The van der Waals surface area contributed by atoms with E-state index in [1.54, 1.807) is 6.08 Å². The molecule has 0 saturated carbocycles. The number of allylic oxidation sites excluding steroid dienone is 3. The van der Waals surface area contributed by atoms with E-state index >= 15 is 0 Å². The standard InChI is InChI=1S/C54H105NO3/c1-3-5-7-9-11-13-15-17-19-21-23-25-27-28-30-32-34-36-38-40-42-44-46-48-50-54(58)55-52(51-56)53(57)49-47-45-43-41-39-37-35-33-31-29-26-24-22-20-18-16-14-12-10-8-6-4-2/h39,41,47,49,52-53,56-57H,3-38,40,42-46,48,50-51H2,1-2H3,(H,55,58)/b41-39+,49-47+. The van der Waals surface area contributed by atoms with E-state index in [-0.39, 0.29) is 12.5 Å². The number of amides is 1. The van der Waals surface area contributed by atoms with E-state index in [1.807, 2.05) is 6.08 Å². The van der Waals surface area contributed by atoms with Crippen LogP contribution in [0.2, 0.25) is 0 Å². The molecule has 0 spiro atoms. The summed E-state index contributed by atoms with van der Waals surface area (Å²) in [6, 6.07) is -0.636. The number of carbonyl (C=O) groups is 1. The molecule has 0 radical (unpaired) electrons. The van der Waals surface area contributed by atoms with Gasteiger partial charge in [-0.1, -0.05) is 282 Å². The second-order valence-electron chi connectivity index (χ2n) is 18.3. The van der Waals surface area contributed by atoms with Gasteiger partial charge in [0.25, 0.3) is 0 Å². The summed E-state index contributed by atoms with van der Waals surface area (Å²) in [5.74, 6) is -0.0673. The third-order valence-electron chi connectivity index (χ3n) is 12.4. The molecule has 0 aliphatic heterocycles. The maximum Gasteiger partial charge on any atom is 0.220 e. The Hall–Kier alpha value is -1.13. The minimum absolute atomic E-state index is 0.0673. The number of carbonyl (C=O) groups excluding carboxylic acids is 1. The summed E-state index contributed by atoms with van der Waals surface area (Å²) in [7, 11) is 0. The lowest BCUT2D eigenvalue weighted by Gasteiger charge is -2.19. The predicted molar refractivity (Wildman–Crippen MR) is 258 cm³/mol. The van der Waals surface area contributed by atoms with Crippen LogP contribution in [-0.2, 0) is 4.79 Å². The lowest BCUT2D eigenvalue weighted by Crippen LogP contribution is -2.45. The summed E-state index contributed by atoms with van der Waals surface area (Å²) in [5.41, 5.74) is 0. The van der Waals surface area contributed by atoms with Crippen molar-refractivity contribution in [3.05, 3.63) is 24.3 Å². The molecule has 0 aromatic rings. The largest absolute Gasteiger partial charge is 0.394 e. The molecule has 0 aromatic carbocycles. The van der Waals surface area contributed by atoms with E-state index in [1.165, 1.54) is 244 Å². The Morgan fingerprint density at radius 2 is 0.672 bits per heavy atom. The lowest BCUT2D eigenvalue weighted by molar-refractivity contribution is -0.123. The van der Waals surface area contributed by atoms with Crippen molar-refractivity contribution in [2.24, 2.45) is 0 Å². The van der Waals surface area contributed by atoms with Crippen molar-refractivity contribution in [2.45, 2.75) is 309 Å². The van der Waals surface area contributed by atoms with E-state index < -0.39 is 12.1 Å². The van der Waals surface area contributed by atoms with Crippen molar-refractivity contribution in [1.82, 2.24) is 5.32 Å². The second kappa shape index (κ2) is 50.2. The van der Waals surface area contributed by atoms with Gasteiger partial charge in [0.2, 0.25) is 5.91 Å². The first-order valence-corrected chi connectivity index (χ1v) is 26.6. The van der Waals surface area contributed by atoms with Crippen LogP contribution >= 0.6 is 0 Å². The fourth-order valence-electron chi connectivity index (χ4n) is 8.37. The first-order valence-electron chi connectivity index (χ1n) is 26.6. The fourth-order valence-corrected chi connectivity index (χ4v) is 8.37. The third-order valence-corrected chi connectivity index (χ3v) is 12.4. The summed E-state index contributed by atoms with van der Waals surface area (Å²) in [6.45, 7) is 4.33. The fraction of sp³-hybridized carbons (Fsp3) is 0.907. The average Bonchev–Trinajstić information content (AvgIpc) is 3.23. The number of nitrogens with one attached hydrogen (secondary N) is 1. The number of aliphatic hydroxyl groups is 2. The second-order valence-corrected chi connectivity index (χ2v) is 18.3. The highest BCUT2D eigenvalue weighted by atomic mass is 16.3. The third kappa shape index (κ3) is 45.9. The van der Waals surface area contributed by atoms with E-state index in [9.17, 15) is 15.0 Å². The van der Waals surface area contributed by atoms with Gasteiger partial charge >= 0.3 is 0 Å². The Labute approximate surface area is 364 Å². The van der Waals surface area contributed by atoms with Gasteiger partial charge < -0.3 is 15.5 Å². The quantitative estimate of drug-likeness (QED) is 0.0423. The highest BCUT2D eigenvalue weighted by Crippen LogP contribution is 2.17. The maximum absolute atomic E-state index is 12.4. The van der Waals surface area contributed by atoms with Crippen molar-refractivity contribution in [3.63, 3.8) is 0 Å². The van der Waals surface area contributed by atoms with Crippen molar-refractivity contribution in [2.75, 3.05) is 6.61 Å². The van der Waals surface area contributed by atoms with Crippen LogP contribution in [0.5, 0.6) is 0 Å². The first-order chi connectivity index (χ1) is 28.7. The number of aliphatic hydroxyl groups excluding tert-OH is 2. The van der Waals surface area contributed by atoms with Crippen LogP contribution in [0.1, 0.15) is 296 Å². The summed E-state index contributed by atoms with van der Waals surface area (Å²) < 4.78 is 0. The molecule has 0 aromatic heterocycles. The van der Waals surface area contributed by atoms with Crippen molar-refractivity contribution < 1.29 is 15.0 Å². The van der Waals surface area contributed by atoms with Crippen molar-refractivity contribution >= 4 is 5.91 Å². The van der Waals surface area contributed by atoms with Crippen LogP contribution in [0.4, 0.5) is 0 Å². The molecule has 0 rings (SSSR count). The molecule has 0 aliphatic rings. The van der Waals surface area contributed by atoms with Gasteiger partial charge in [0, 0.05) is 6.42 Å². The molecule has 344 valence electrons. The Morgan fingerprint density at radius 3 is 1.00 bits per heavy atom. The molecule has 0 aliphatic carbocycles. The first kappa shape index (κ1) is 56.9. The summed E-state index contributed by atoms with van der Waals surface area (Å²) >= 11 is 0. The van der Waals surface area contributed by atoms with E-state index in [0.29, 0.717) is 6.42 Å². The Morgan fingerprint density at radius 1 is 0.397 bits per heavy atom. The molecular weight excluding hydrogens is 711 g/mol. The van der Waals surface area contributed by atoms with Crippen molar-refractivity contribution in [1.29, 1.82) is 0 Å². The number of hydrogen-bond acceptors (Lipinski definition) is 3. The Bertz CT molecular complexity index is 840. The number of hydrogen-bond donors (Lipinski definition) is 3. The molecule has 0 bridgehead atoms. The molecule has 2 unspecified atom stereocenters. The zero-order valence-corrected chi connectivity index (χ0v) is 39.6. The molecule has 3 N–H and O–H groups in total. The van der Waals surface area contributed by atoms with Crippen LogP contribution in [0.25, 0.3) is 0 Å². The van der Waals surface area contributed by atoms with Gasteiger partial charge in [0.05, 0.1) is 18.8 Å². The average molecular weight is 816 g/mol. The van der Waals surface area contributed by atoms with E-state index in [2.05, 4.69) is 31.3 Å². The van der Waals surface area contributed by atoms with Gasteiger partial charge in [0.15, 0.2) is 0 Å². The molecule has 0 heterocycles. The van der Waals surface area contributed by atoms with Crippen LogP contribution in [0.3, 0.4) is 0 Å². The maximum atomic E-state index is 12.4. The van der Waals surface area contributed by atoms with E-state index in [0.717, 1.165) is 32.1 Å². The molecular formula is C54H105NO3. The van der Waals surface area contributed by atoms with Gasteiger partial charge in [-0.05, 0) is 32.1 Å². The summed E-state index contributed by atoms with van der Waals surface area (Å²) in [6.07, 6.45) is 66.1. The summed E-state index contributed by atoms with van der Waals surface area (Å²) in [4.78, 5) is 12.4. The topological polar surface area (TPSA) is 69.6 Å². The molecule has 0 saturated heterocycles. The summed E-state index contributed by atoms with van der Waals surface area (Å²) in [5, 5.41) is 23.1. The Kier molecular flexibility index (Phi) is 49.2. The van der Waals surface area contributed by atoms with Gasteiger partial charge in [-0.25, -0.2) is 0 Å². The lowest BCUT2D eigenvalue weighted by atomic mass is 10.0. The highest BCUT2D eigenvalue weighted by Gasteiger charge is 2.18. The molecule has 0 fully saturated rings. The smallest absolute Gasteiger partial charge is 0.220 e. The molecule has 2 atom stereocenters. The number of rotatable bonds is 49. The van der Waals surface area contributed by atoms with Crippen molar-refractivity contribution in [3.8, 4) is 0 Å². The highest BCUT2D eigenvalue weighted by molar-refractivity contribution is 5.76. The molecule has 1 amide bonds. The van der Waals surface area contributed by atoms with Gasteiger partial charge in [-0.15, -0.1) is 0 Å². The SMILES string of the molecule is CCCCCCCCCCCCCCCCCC/C=C/CC/C=C/C(O)C(CO)NC(=O)CCCCCCCCCCCCCCCCCCCCCCCCCC. The molecule has 4 heteroatoms. The molecule has 58 heavy (non-hydrogen) atoms. The minimum Gasteiger partial charge on any atom is -0.394 e. The zero-order chi connectivity index (χ0) is 42.1. The van der Waals surface area contributed by atoms with Crippen LogP contribution in [-0.4, -0.2) is 34.9 Å². The van der Waals surface area contributed by atoms with Crippen LogP contribution < -0.4 is 5.32 Å². The number of unbranched alkanes of at least 4 members (excludes halogenated alkanes) is 40. The predicted octanol–water partition coefficient (Wildman–Crippen LogP) is 17.1. The Balaban J connectivity index is 3.51. The minimum atomic E-state index is -0.859. The zero-order valence-electron chi connectivity index (χ0n) is 39.6. The normalized spacial score (nSPS) is 13.0. The van der Waals surface area contributed by atoms with Crippen LogP contribution in [0.15, 0.2) is 24.3 Å². The van der Waals surface area contributed by atoms with Crippen LogP contribution in [0, 0.1) is 0 Å². The van der Waals surface area contributed by atoms with Gasteiger partial charge in [-0.2, -0.15) is 0 Å². The van der Waals surface area contributed by atoms with Gasteiger partial charge in [-0.3, -0.25) is 4.79 Å². The van der Waals surface area contributed by atoms with E-state index in [4.69, 9.17) is 0 Å². The molecule has 4 nitrogen and oxygen atoms in total.